The zero-order valence-electron chi connectivity index (χ0n) is 9.80. The molecule has 0 N–H and O–H groups in total. The van der Waals surface area contributed by atoms with E-state index < -0.39 is 5.97 Å². The fourth-order valence-corrected chi connectivity index (χ4v) is 1.88. The van der Waals surface area contributed by atoms with Gasteiger partial charge in [-0.2, -0.15) is 0 Å². The second-order valence-electron chi connectivity index (χ2n) is 3.88. The van der Waals surface area contributed by atoms with Gasteiger partial charge in [0.2, 0.25) is 0 Å². The Balaban J connectivity index is 2.13. The first kappa shape index (κ1) is 10.8. The Labute approximate surface area is 103 Å². The number of methoxy groups -OCH3 is 1. The lowest BCUT2D eigenvalue weighted by molar-refractivity contribution is 0.0594. The maximum atomic E-state index is 11.4. The molecule has 0 unspecified atom stereocenters. The molecule has 0 saturated heterocycles. The predicted octanol–water partition coefficient (Wildman–Crippen LogP) is 1.79. The fourth-order valence-electron chi connectivity index (χ4n) is 1.88. The first-order valence-corrected chi connectivity index (χ1v) is 5.56. The van der Waals surface area contributed by atoms with Crippen molar-refractivity contribution in [2.45, 2.75) is 0 Å². The summed E-state index contributed by atoms with van der Waals surface area (Å²) in [6.45, 7) is 1.07. The number of fused-ring (bicyclic) bond motifs is 2. The minimum Gasteiger partial charge on any atom is -0.486 e. The van der Waals surface area contributed by atoms with Gasteiger partial charge in [-0.3, -0.25) is 0 Å². The van der Waals surface area contributed by atoms with Crippen molar-refractivity contribution in [1.82, 2.24) is 4.98 Å². The summed E-state index contributed by atoms with van der Waals surface area (Å²) in [5, 5.41) is 0.895. The van der Waals surface area contributed by atoms with E-state index in [0.717, 1.165) is 5.39 Å². The Morgan fingerprint density at radius 1 is 1.22 bits per heavy atom. The van der Waals surface area contributed by atoms with Gasteiger partial charge in [-0.25, -0.2) is 9.78 Å². The molecule has 0 radical (unpaired) electrons. The van der Waals surface area contributed by atoms with Crippen molar-refractivity contribution < 1.29 is 19.0 Å². The molecule has 1 aliphatic rings. The van der Waals surface area contributed by atoms with Gasteiger partial charge in [0.1, 0.15) is 18.9 Å². The summed E-state index contributed by atoms with van der Waals surface area (Å²) in [6.07, 6.45) is 0. The summed E-state index contributed by atoms with van der Waals surface area (Å²) in [4.78, 5) is 15.6. The number of hydrogen-bond donors (Lipinski definition) is 0. The topological polar surface area (TPSA) is 57.7 Å². The van der Waals surface area contributed by atoms with Crippen LogP contribution in [-0.4, -0.2) is 31.3 Å². The number of esters is 1. The molecule has 0 saturated carbocycles. The van der Waals surface area contributed by atoms with Gasteiger partial charge in [0.15, 0.2) is 11.5 Å². The lowest BCUT2D eigenvalue weighted by Crippen LogP contribution is -2.15. The number of benzene rings is 1. The molecule has 5 heteroatoms. The van der Waals surface area contributed by atoms with Crippen LogP contribution in [0.3, 0.4) is 0 Å². The molecule has 0 atom stereocenters. The number of rotatable bonds is 1. The van der Waals surface area contributed by atoms with Crippen molar-refractivity contribution in [3.63, 3.8) is 0 Å². The molecule has 0 fully saturated rings. The molecule has 0 aliphatic carbocycles. The summed E-state index contributed by atoms with van der Waals surface area (Å²) in [6, 6.07) is 7.07. The van der Waals surface area contributed by atoms with Crippen LogP contribution in [0, 0.1) is 0 Å². The number of nitrogens with zero attached hydrogens (tertiary/aromatic N) is 1. The van der Waals surface area contributed by atoms with E-state index in [4.69, 9.17) is 9.47 Å². The van der Waals surface area contributed by atoms with Crippen molar-refractivity contribution in [2.24, 2.45) is 0 Å². The summed E-state index contributed by atoms with van der Waals surface area (Å²) in [5.41, 5.74) is 0.962. The lowest BCUT2D eigenvalue weighted by atomic mass is 10.1. The Morgan fingerprint density at radius 2 is 1.94 bits per heavy atom. The molecule has 5 nitrogen and oxygen atoms in total. The maximum Gasteiger partial charge on any atom is 0.356 e. The normalized spacial score (nSPS) is 13.4. The smallest absolute Gasteiger partial charge is 0.356 e. The van der Waals surface area contributed by atoms with Crippen LogP contribution in [0.25, 0.3) is 10.9 Å². The number of ether oxygens (including phenoxy) is 3. The van der Waals surface area contributed by atoms with Gasteiger partial charge < -0.3 is 14.2 Å². The van der Waals surface area contributed by atoms with Crippen LogP contribution in [-0.2, 0) is 4.74 Å². The summed E-state index contributed by atoms with van der Waals surface area (Å²) < 4.78 is 15.6. The third-order valence-corrected chi connectivity index (χ3v) is 2.75. The summed E-state index contributed by atoms with van der Waals surface area (Å²) in [7, 11) is 1.33. The van der Waals surface area contributed by atoms with Crippen molar-refractivity contribution in [3.8, 4) is 11.5 Å². The molecular weight excluding hydrogens is 234 g/mol. The minimum absolute atomic E-state index is 0.279. The quantitative estimate of drug-likeness (QED) is 0.717. The van der Waals surface area contributed by atoms with E-state index in [0.29, 0.717) is 30.2 Å². The van der Waals surface area contributed by atoms with Gasteiger partial charge >= 0.3 is 5.97 Å². The number of hydrogen-bond acceptors (Lipinski definition) is 5. The Morgan fingerprint density at radius 3 is 2.67 bits per heavy atom. The van der Waals surface area contributed by atoms with Gasteiger partial charge in [0.05, 0.1) is 12.6 Å². The molecule has 92 valence electrons. The van der Waals surface area contributed by atoms with E-state index in [-0.39, 0.29) is 5.69 Å². The third kappa shape index (κ3) is 1.73. The van der Waals surface area contributed by atoms with Crippen LogP contribution in [0.1, 0.15) is 10.5 Å². The molecule has 2 aromatic rings. The molecule has 0 bridgehead atoms. The highest BCUT2D eigenvalue weighted by Gasteiger charge is 2.14. The molecule has 2 heterocycles. The second-order valence-corrected chi connectivity index (χ2v) is 3.88. The average Bonchev–Trinajstić information content (AvgIpc) is 2.43. The standard InChI is InChI=1S/C13H11NO4/c1-16-13(15)9-3-2-8-6-11-12(7-10(8)14-9)18-5-4-17-11/h2-3,6-7H,4-5H2,1H3. The molecule has 1 aliphatic heterocycles. The van der Waals surface area contributed by atoms with Crippen LogP contribution in [0.15, 0.2) is 24.3 Å². The molecule has 1 aromatic heterocycles. The van der Waals surface area contributed by atoms with E-state index in [2.05, 4.69) is 9.72 Å². The van der Waals surface area contributed by atoms with E-state index in [9.17, 15) is 4.79 Å². The monoisotopic (exact) mass is 245 g/mol. The first-order valence-electron chi connectivity index (χ1n) is 5.56. The SMILES string of the molecule is COC(=O)c1ccc2cc3c(cc2n1)OCCO3. The van der Waals surface area contributed by atoms with Crippen molar-refractivity contribution in [1.29, 1.82) is 0 Å². The Kier molecular flexibility index (Phi) is 2.51. The van der Waals surface area contributed by atoms with Crippen molar-refractivity contribution in [3.05, 3.63) is 30.0 Å². The molecule has 0 amide bonds. The average molecular weight is 245 g/mol. The fraction of sp³-hybridized carbons (Fsp3) is 0.231. The van der Waals surface area contributed by atoms with Crippen LogP contribution in [0.4, 0.5) is 0 Å². The molecule has 3 rings (SSSR count). The van der Waals surface area contributed by atoms with Gasteiger partial charge in [-0.1, -0.05) is 6.07 Å². The number of carbonyl (C=O) groups excluding carboxylic acids is 1. The third-order valence-electron chi connectivity index (χ3n) is 2.75. The first-order chi connectivity index (χ1) is 8.78. The summed E-state index contributed by atoms with van der Waals surface area (Å²) in [5.74, 6) is 0.913. The Bertz CT molecular complexity index is 624. The minimum atomic E-state index is -0.452. The molecular formula is C13H11NO4. The largest absolute Gasteiger partial charge is 0.486 e. The highest BCUT2D eigenvalue weighted by molar-refractivity contribution is 5.91. The van der Waals surface area contributed by atoms with Gasteiger partial charge in [0, 0.05) is 11.5 Å². The molecule has 1 aromatic carbocycles. The lowest BCUT2D eigenvalue weighted by Gasteiger charge is -2.18. The number of aromatic nitrogens is 1. The van der Waals surface area contributed by atoms with Gasteiger partial charge in [-0.15, -0.1) is 0 Å². The van der Waals surface area contributed by atoms with Crippen LogP contribution < -0.4 is 9.47 Å². The highest BCUT2D eigenvalue weighted by atomic mass is 16.6. The zero-order chi connectivity index (χ0) is 12.5. The van der Waals surface area contributed by atoms with Gasteiger partial charge in [0.25, 0.3) is 0 Å². The maximum absolute atomic E-state index is 11.4. The van der Waals surface area contributed by atoms with Crippen molar-refractivity contribution >= 4 is 16.9 Å². The van der Waals surface area contributed by atoms with Crippen molar-refractivity contribution in [2.75, 3.05) is 20.3 Å². The molecule has 0 spiro atoms. The Hall–Kier alpha value is -2.30. The highest BCUT2D eigenvalue weighted by Crippen LogP contribution is 2.33. The molecule has 18 heavy (non-hydrogen) atoms. The van der Waals surface area contributed by atoms with Crippen LogP contribution in [0.5, 0.6) is 11.5 Å². The predicted molar refractivity (Wildman–Crippen MR) is 64.1 cm³/mol. The van der Waals surface area contributed by atoms with E-state index in [1.54, 1.807) is 12.1 Å². The van der Waals surface area contributed by atoms with Crippen LogP contribution in [0.2, 0.25) is 0 Å². The second kappa shape index (κ2) is 4.18. The van der Waals surface area contributed by atoms with Crippen LogP contribution >= 0.6 is 0 Å². The van der Waals surface area contributed by atoms with E-state index in [1.165, 1.54) is 7.11 Å². The summed E-state index contributed by atoms with van der Waals surface area (Å²) >= 11 is 0. The number of carbonyl (C=O) groups is 1. The van der Waals surface area contributed by atoms with E-state index in [1.807, 2.05) is 12.1 Å². The van der Waals surface area contributed by atoms with Gasteiger partial charge in [-0.05, 0) is 12.1 Å². The number of pyridine rings is 1. The zero-order valence-corrected chi connectivity index (χ0v) is 9.80. The van der Waals surface area contributed by atoms with E-state index >= 15 is 0 Å².